The van der Waals surface area contributed by atoms with E-state index < -0.39 is 5.54 Å². The second-order valence-corrected chi connectivity index (χ2v) is 15.5. The molecular weight excluding hydrogens is 765 g/mol. The fourth-order valence-electron chi connectivity index (χ4n) is 8.82. The van der Waals surface area contributed by atoms with Crippen LogP contribution in [-0.2, 0) is 5.54 Å². The second kappa shape index (κ2) is 15.3. The van der Waals surface area contributed by atoms with Gasteiger partial charge in [0.2, 0.25) is 0 Å². The lowest BCUT2D eigenvalue weighted by atomic mass is 9.74. The third-order valence-corrected chi connectivity index (χ3v) is 11.7. The van der Waals surface area contributed by atoms with E-state index in [2.05, 4.69) is 27.6 Å². The molecule has 0 radical (unpaired) electrons. The van der Waals surface area contributed by atoms with E-state index in [1.807, 2.05) is 89.2 Å². The third kappa shape index (κ3) is 6.17. The van der Waals surface area contributed by atoms with E-state index in [1.54, 1.807) is 36.4 Å². The minimum absolute atomic E-state index is 0.107. The molecule has 0 fully saturated rings. The molecule has 11 nitrogen and oxygen atoms in total. The van der Waals surface area contributed by atoms with Gasteiger partial charge in [0.15, 0.2) is 5.54 Å². The van der Waals surface area contributed by atoms with Gasteiger partial charge in [0.1, 0.15) is 22.9 Å². The molecule has 6 aromatic carbocycles. The first-order valence-corrected chi connectivity index (χ1v) is 20.7. The van der Waals surface area contributed by atoms with Gasteiger partial charge in [-0.3, -0.25) is 19.3 Å². The largest absolute Gasteiger partial charge is 0.506 e. The number of imide groups is 1. The van der Waals surface area contributed by atoms with E-state index in [0.29, 0.717) is 69.7 Å². The van der Waals surface area contributed by atoms with Crippen molar-refractivity contribution in [2.45, 2.75) is 53.0 Å². The van der Waals surface area contributed by atoms with Crippen LogP contribution in [0.4, 0.5) is 17.1 Å². The Kier molecular flexibility index (Phi) is 9.79. The summed E-state index contributed by atoms with van der Waals surface area (Å²) in [4.78, 5) is 42.9. The molecule has 304 valence electrons. The van der Waals surface area contributed by atoms with Gasteiger partial charge in [-0.25, -0.2) is 0 Å². The summed E-state index contributed by atoms with van der Waals surface area (Å²) in [5.41, 5.74) is 7.38. The van der Waals surface area contributed by atoms with E-state index in [0.717, 1.165) is 52.0 Å². The Hall–Kier alpha value is -7.45. The molecule has 0 aliphatic carbocycles. The maximum absolute atomic E-state index is 14.7. The number of nitrogens with one attached hydrogen (secondary N) is 2. The van der Waals surface area contributed by atoms with E-state index in [-0.39, 0.29) is 29.2 Å². The average molecular weight is 809 g/mol. The van der Waals surface area contributed by atoms with Gasteiger partial charge in [-0.05, 0) is 105 Å². The lowest BCUT2D eigenvalue weighted by Crippen LogP contribution is -2.44. The molecule has 6 aromatic rings. The van der Waals surface area contributed by atoms with Crippen molar-refractivity contribution in [3.8, 4) is 29.1 Å². The molecule has 3 aliphatic heterocycles. The highest BCUT2D eigenvalue weighted by Gasteiger charge is 2.58. The summed E-state index contributed by atoms with van der Waals surface area (Å²) in [5, 5.41) is 30.0. The quantitative estimate of drug-likeness (QED) is 0.0752. The van der Waals surface area contributed by atoms with Crippen LogP contribution in [0, 0.1) is 25.7 Å². The van der Waals surface area contributed by atoms with Crippen molar-refractivity contribution >= 4 is 45.6 Å². The topological polar surface area (TPSA) is 136 Å². The van der Waals surface area contributed by atoms with Crippen LogP contribution in [0.5, 0.6) is 17.2 Å². The van der Waals surface area contributed by atoms with Gasteiger partial charge in [-0.1, -0.05) is 60.7 Å². The van der Waals surface area contributed by atoms with Crippen molar-refractivity contribution in [3.63, 3.8) is 0 Å². The van der Waals surface area contributed by atoms with Gasteiger partial charge >= 0.3 is 0 Å². The van der Waals surface area contributed by atoms with Gasteiger partial charge in [-0.2, -0.15) is 5.01 Å². The number of carbonyl (C=O) groups excluding carboxylic acids is 3. The Labute approximate surface area is 354 Å². The predicted molar refractivity (Wildman–Crippen MR) is 236 cm³/mol. The molecule has 61 heavy (non-hydrogen) atoms. The van der Waals surface area contributed by atoms with Crippen molar-refractivity contribution in [2.24, 2.45) is 10.3 Å². The number of hydrogen-bond donors (Lipinski definition) is 3. The second-order valence-electron chi connectivity index (χ2n) is 15.5. The molecule has 3 N–H and O–H groups in total. The summed E-state index contributed by atoms with van der Waals surface area (Å²) >= 11 is 0. The number of phenolic OH excluding ortho intramolecular Hbond substituents is 1. The Morgan fingerprint density at radius 1 is 0.705 bits per heavy atom. The van der Waals surface area contributed by atoms with E-state index in [1.165, 1.54) is 16.0 Å². The predicted octanol–water partition coefficient (Wildman–Crippen LogP) is 10.4. The zero-order valence-electron chi connectivity index (χ0n) is 34.6. The van der Waals surface area contributed by atoms with Crippen molar-refractivity contribution in [2.75, 3.05) is 30.3 Å². The van der Waals surface area contributed by atoms with Gasteiger partial charge in [0.05, 0.1) is 0 Å². The number of fused-ring (bicyclic) bond motifs is 6. The first kappa shape index (κ1) is 39.0. The number of ether oxygens (including phenoxy) is 1. The van der Waals surface area contributed by atoms with Gasteiger partial charge in [0, 0.05) is 93.0 Å². The summed E-state index contributed by atoms with van der Waals surface area (Å²) < 4.78 is 6.71. The monoisotopic (exact) mass is 808 g/mol. The zero-order valence-corrected chi connectivity index (χ0v) is 34.6. The van der Waals surface area contributed by atoms with Gasteiger partial charge < -0.3 is 20.5 Å². The molecule has 0 unspecified atom stereocenters. The fraction of sp³-hybridized carbons (Fsp3) is 0.220. The number of hydrogen-bond acceptors (Lipinski definition) is 9. The van der Waals surface area contributed by atoms with Crippen molar-refractivity contribution in [3.05, 3.63) is 153 Å². The smallest absolute Gasteiger partial charge is 0.277 e. The fourth-order valence-corrected chi connectivity index (χ4v) is 8.82. The Balaban J connectivity index is 1.15. The Morgan fingerprint density at radius 2 is 1.36 bits per heavy atom. The Bertz CT molecular complexity index is 2860. The average Bonchev–Trinajstić information content (AvgIpc) is 3.50. The van der Waals surface area contributed by atoms with Crippen molar-refractivity contribution < 1.29 is 24.2 Å². The van der Waals surface area contributed by atoms with E-state index in [9.17, 15) is 19.5 Å². The molecule has 3 amide bonds. The number of nitrogens with zero attached hydrogens (tertiary/aromatic N) is 4. The maximum atomic E-state index is 14.7. The lowest BCUT2D eigenvalue weighted by molar-refractivity contribution is 0.0606. The molecule has 3 heterocycles. The number of benzene rings is 6. The number of anilines is 2. The van der Waals surface area contributed by atoms with Crippen molar-refractivity contribution in [1.82, 2.24) is 9.91 Å². The molecule has 11 heteroatoms. The van der Waals surface area contributed by atoms with E-state index in [4.69, 9.17) is 9.96 Å². The van der Waals surface area contributed by atoms with Crippen LogP contribution >= 0.6 is 0 Å². The molecule has 0 aromatic heterocycles. The molecule has 0 atom stereocenters. The molecule has 9 rings (SSSR count). The van der Waals surface area contributed by atoms with Crippen LogP contribution in [0.1, 0.15) is 104 Å². The Morgan fingerprint density at radius 3 is 2.03 bits per heavy atom. The molecule has 3 aliphatic rings. The molecular formula is C50H44N6O5. The highest BCUT2D eigenvalue weighted by Crippen LogP contribution is 2.59. The molecule has 1 spiro atoms. The molecule has 0 saturated carbocycles. The van der Waals surface area contributed by atoms with Crippen molar-refractivity contribution in [1.29, 1.82) is 0 Å². The van der Waals surface area contributed by atoms with Crippen LogP contribution < -0.4 is 15.4 Å². The van der Waals surface area contributed by atoms with Crippen LogP contribution in [0.15, 0.2) is 107 Å². The summed E-state index contributed by atoms with van der Waals surface area (Å²) in [6.07, 6.45) is 1.59. The number of phenols is 1. The molecule has 0 bridgehead atoms. The minimum atomic E-state index is -1.28. The third-order valence-electron chi connectivity index (χ3n) is 11.7. The number of rotatable bonds is 9. The van der Waals surface area contributed by atoms with E-state index >= 15 is 0 Å². The highest BCUT2D eigenvalue weighted by molar-refractivity contribution is 6.26. The summed E-state index contributed by atoms with van der Waals surface area (Å²) in [7, 11) is 0. The summed E-state index contributed by atoms with van der Waals surface area (Å²) in [6.45, 7) is 11.9. The van der Waals surface area contributed by atoms with Crippen LogP contribution in [0.25, 0.3) is 10.8 Å². The lowest BCUT2D eigenvalue weighted by Gasteiger charge is -2.42. The maximum Gasteiger partial charge on any atom is 0.277 e. The first-order chi connectivity index (χ1) is 29.6. The highest BCUT2D eigenvalue weighted by atomic mass is 16.5. The number of unbranched alkanes of at least 4 members (excludes halogenated alkanes) is 1. The summed E-state index contributed by atoms with van der Waals surface area (Å²) in [6, 6.07) is 29.3. The van der Waals surface area contributed by atoms with Crippen LogP contribution in [0.2, 0.25) is 0 Å². The zero-order chi connectivity index (χ0) is 42.6. The number of aromatic hydroxyl groups is 1. The number of amides is 3. The SMILES string of the molecule is CCCCN1C(=O)c2cccc3c(C#Cc4ccc(O)c(N=NN5C(=O)c6ccccc6C56c5cc(C)c(NCC)cc5Oc5cc(NCC)c(C)cc56)c4)ccc(c23)C1=O. The van der Waals surface area contributed by atoms with Gasteiger partial charge in [-0.15, -0.1) is 5.11 Å². The van der Waals surface area contributed by atoms with Crippen LogP contribution in [0.3, 0.4) is 0 Å². The number of carbonyl (C=O) groups is 3. The summed E-state index contributed by atoms with van der Waals surface area (Å²) in [5.74, 6) is 6.45. The molecule has 0 saturated heterocycles. The normalized spacial score (nSPS) is 14.5. The number of aryl methyl sites for hydroxylation is 2. The standard InChI is InChI=1S/C50H44N6O5/c1-6-9-23-55-47(58)35-15-12-14-33-32(20-21-36(46(33)35)48(55)59)19-17-31-18-22-43(57)42(26-31)53-54-56-49(60)34-13-10-11-16-37(34)50(56)38-24-29(4)40(51-7-2)27-44(38)61-45-28-41(52-8-3)30(5)25-39(45)50/h10-16,18,20-22,24-28,51-52,57H,6-9,23H2,1-5H3. The first-order valence-electron chi connectivity index (χ1n) is 20.7. The minimum Gasteiger partial charge on any atom is -0.506 e. The van der Waals surface area contributed by atoms with Crippen LogP contribution in [-0.4, -0.2) is 52.4 Å². The van der Waals surface area contributed by atoms with Gasteiger partial charge in [0.25, 0.3) is 17.7 Å².